The average Bonchev–Trinajstić information content (AvgIpc) is 2.38. The van der Waals surface area contributed by atoms with E-state index in [-0.39, 0.29) is 11.0 Å². The van der Waals surface area contributed by atoms with Crippen molar-refractivity contribution in [3.63, 3.8) is 0 Å². The Kier molecular flexibility index (Phi) is 3.82. The van der Waals surface area contributed by atoms with Crippen LogP contribution in [0.1, 0.15) is 38.7 Å². The van der Waals surface area contributed by atoms with E-state index in [1.54, 1.807) is 7.11 Å². The highest BCUT2D eigenvalue weighted by Gasteiger charge is 2.43. The van der Waals surface area contributed by atoms with Gasteiger partial charge in [-0.25, -0.2) is 0 Å². The van der Waals surface area contributed by atoms with Crippen LogP contribution < -0.4 is 4.74 Å². The zero-order valence-corrected chi connectivity index (χ0v) is 11.9. The van der Waals surface area contributed by atoms with Crippen molar-refractivity contribution in [3.05, 3.63) is 29.8 Å². The predicted molar refractivity (Wildman–Crippen MR) is 74.2 cm³/mol. The fourth-order valence-corrected chi connectivity index (χ4v) is 3.19. The molecule has 1 fully saturated rings. The third-order valence-electron chi connectivity index (χ3n) is 3.93. The quantitative estimate of drug-likeness (QED) is 0.835. The highest BCUT2D eigenvalue weighted by atomic mass is 16.5. The Morgan fingerprint density at radius 3 is 2.74 bits per heavy atom. The van der Waals surface area contributed by atoms with Crippen LogP contribution in [0.3, 0.4) is 0 Å². The third kappa shape index (κ3) is 2.74. The second-order valence-electron chi connectivity index (χ2n) is 5.85. The molecule has 1 atom stereocenters. The smallest absolute Gasteiger partial charge is 0.122 e. The van der Waals surface area contributed by atoms with Gasteiger partial charge in [-0.2, -0.15) is 5.26 Å². The Bertz CT molecular complexity index is 490. The normalized spacial score (nSPS) is 25.6. The molecule has 19 heavy (non-hydrogen) atoms. The topological polar surface area (TPSA) is 42.2 Å². The molecule has 1 saturated heterocycles. The Hall–Kier alpha value is -1.53. The molecule has 1 aromatic rings. The van der Waals surface area contributed by atoms with Crippen molar-refractivity contribution in [1.29, 1.82) is 5.26 Å². The number of hydrogen-bond donors (Lipinski definition) is 0. The van der Waals surface area contributed by atoms with E-state index in [2.05, 4.69) is 26.0 Å². The van der Waals surface area contributed by atoms with E-state index in [9.17, 15) is 5.26 Å². The zero-order valence-electron chi connectivity index (χ0n) is 11.9. The molecule has 3 nitrogen and oxygen atoms in total. The minimum atomic E-state index is -0.198. The highest BCUT2D eigenvalue weighted by Crippen LogP contribution is 2.46. The van der Waals surface area contributed by atoms with Gasteiger partial charge in [0.1, 0.15) is 5.75 Å². The fourth-order valence-electron chi connectivity index (χ4n) is 3.19. The van der Waals surface area contributed by atoms with E-state index in [1.807, 2.05) is 18.2 Å². The monoisotopic (exact) mass is 259 g/mol. The number of methoxy groups -OCH3 is 1. The lowest BCUT2D eigenvalue weighted by molar-refractivity contribution is -0.0819. The molecule has 3 heteroatoms. The number of hydrogen-bond acceptors (Lipinski definition) is 3. The lowest BCUT2D eigenvalue weighted by Gasteiger charge is -2.44. The molecule has 1 aliphatic rings. The van der Waals surface area contributed by atoms with E-state index in [0.29, 0.717) is 13.0 Å². The maximum atomic E-state index is 9.25. The van der Waals surface area contributed by atoms with Gasteiger partial charge in [0.25, 0.3) is 0 Å². The summed E-state index contributed by atoms with van der Waals surface area (Å²) in [6.45, 7) is 4.87. The first kappa shape index (κ1) is 13.9. The predicted octanol–water partition coefficient (Wildman–Crippen LogP) is 3.44. The van der Waals surface area contributed by atoms with Gasteiger partial charge in [-0.05, 0) is 32.8 Å². The van der Waals surface area contributed by atoms with Crippen LogP contribution in [0.5, 0.6) is 5.75 Å². The molecule has 102 valence electrons. The molecule has 0 amide bonds. The summed E-state index contributed by atoms with van der Waals surface area (Å²) >= 11 is 0. The van der Waals surface area contributed by atoms with Crippen molar-refractivity contribution in [2.75, 3.05) is 13.7 Å². The van der Waals surface area contributed by atoms with Gasteiger partial charge in [-0.3, -0.25) is 0 Å². The van der Waals surface area contributed by atoms with Gasteiger partial charge >= 0.3 is 0 Å². The van der Waals surface area contributed by atoms with Crippen molar-refractivity contribution in [2.45, 2.75) is 44.1 Å². The standard InChI is InChI=1S/C16H21NO2/c1-15(2)12-16(8-10-17,9-11-19-15)13-6-4-5-7-14(13)18-3/h4-7H,8-9,11-12H2,1-3H3. The molecular weight excluding hydrogens is 238 g/mol. The maximum absolute atomic E-state index is 9.25. The van der Waals surface area contributed by atoms with Crippen molar-refractivity contribution in [3.8, 4) is 11.8 Å². The fraction of sp³-hybridized carbons (Fsp3) is 0.562. The number of nitriles is 1. The molecule has 0 aliphatic carbocycles. The number of ether oxygens (including phenoxy) is 2. The van der Waals surface area contributed by atoms with Crippen LogP contribution in [0.15, 0.2) is 24.3 Å². The molecule has 1 heterocycles. The van der Waals surface area contributed by atoms with Crippen LogP contribution in [0.2, 0.25) is 0 Å². The van der Waals surface area contributed by atoms with Crippen molar-refractivity contribution in [1.82, 2.24) is 0 Å². The minimum Gasteiger partial charge on any atom is -0.496 e. The van der Waals surface area contributed by atoms with Crippen molar-refractivity contribution < 1.29 is 9.47 Å². The molecule has 0 N–H and O–H groups in total. The van der Waals surface area contributed by atoms with Gasteiger partial charge in [0.05, 0.1) is 18.8 Å². The summed E-state index contributed by atoms with van der Waals surface area (Å²) in [6.07, 6.45) is 2.21. The molecule has 1 aromatic carbocycles. The molecule has 1 aliphatic heterocycles. The first-order valence-corrected chi connectivity index (χ1v) is 6.67. The number of nitrogens with zero attached hydrogens (tertiary/aromatic N) is 1. The first-order chi connectivity index (χ1) is 9.03. The van der Waals surface area contributed by atoms with E-state index >= 15 is 0 Å². The average molecular weight is 259 g/mol. The second kappa shape index (κ2) is 5.22. The first-order valence-electron chi connectivity index (χ1n) is 6.67. The molecule has 0 spiro atoms. The number of para-hydroxylation sites is 1. The summed E-state index contributed by atoms with van der Waals surface area (Å²) in [4.78, 5) is 0. The Morgan fingerprint density at radius 2 is 2.11 bits per heavy atom. The van der Waals surface area contributed by atoms with Crippen LogP contribution in [0.4, 0.5) is 0 Å². The molecule has 1 unspecified atom stereocenters. The number of rotatable bonds is 3. The van der Waals surface area contributed by atoms with Crippen molar-refractivity contribution in [2.24, 2.45) is 0 Å². The zero-order chi connectivity index (χ0) is 13.9. The lowest BCUT2D eigenvalue weighted by Crippen LogP contribution is -2.44. The SMILES string of the molecule is COc1ccccc1C1(CC#N)CCOC(C)(C)C1. The summed E-state index contributed by atoms with van der Waals surface area (Å²) < 4.78 is 11.3. The van der Waals surface area contributed by atoms with Crippen LogP contribution in [0, 0.1) is 11.3 Å². The molecule has 0 radical (unpaired) electrons. The Morgan fingerprint density at radius 1 is 1.37 bits per heavy atom. The number of benzene rings is 1. The highest BCUT2D eigenvalue weighted by molar-refractivity contribution is 5.41. The minimum absolute atomic E-state index is 0.164. The van der Waals surface area contributed by atoms with E-state index < -0.39 is 0 Å². The summed E-state index contributed by atoms with van der Waals surface area (Å²) in [5.74, 6) is 0.871. The molecule has 0 bridgehead atoms. The van der Waals surface area contributed by atoms with Crippen molar-refractivity contribution >= 4 is 0 Å². The van der Waals surface area contributed by atoms with Gasteiger partial charge in [0.15, 0.2) is 0 Å². The van der Waals surface area contributed by atoms with Gasteiger partial charge in [-0.1, -0.05) is 18.2 Å². The van der Waals surface area contributed by atoms with Gasteiger partial charge < -0.3 is 9.47 Å². The summed E-state index contributed by atoms with van der Waals surface area (Å²) in [6, 6.07) is 10.4. The lowest BCUT2D eigenvalue weighted by atomic mass is 9.67. The third-order valence-corrected chi connectivity index (χ3v) is 3.93. The largest absolute Gasteiger partial charge is 0.496 e. The van der Waals surface area contributed by atoms with Crippen LogP contribution in [-0.2, 0) is 10.2 Å². The van der Waals surface area contributed by atoms with E-state index in [1.165, 1.54) is 0 Å². The Balaban J connectivity index is 2.47. The van der Waals surface area contributed by atoms with Crippen LogP contribution in [-0.4, -0.2) is 19.3 Å². The maximum Gasteiger partial charge on any atom is 0.122 e. The van der Waals surface area contributed by atoms with Gasteiger partial charge in [0, 0.05) is 24.0 Å². The summed E-state index contributed by atoms with van der Waals surface area (Å²) in [7, 11) is 1.68. The summed E-state index contributed by atoms with van der Waals surface area (Å²) in [5.41, 5.74) is 0.773. The van der Waals surface area contributed by atoms with E-state index in [4.69, 9.17) is 9.47 Å². The second-order valence-corrected chi connectivity index (χ2v) is 5.85. The van der Waals surface area contributed by atoms with E-state index in [0.717, 1.165) is 24.2 Å². The Labute approximate surface area is 115 Å². The molecular formula is C16H21NO2. The van der Waals surface area contributed by atoms with Gasteiger partial charge in [-0.15, -0.1) is 0 Å². The molecule has 0 saturated carbocycles. The van der Waals surface area contributed by atoms with Crippen LogP contribution >= 0.6 is 0 Å². The van der Waals surface area contributed by atoms with Crippen LogP contribution in [0.25, 0.3) is 0 Å². The summed E-state index contributed by atoms with van der Waals surface area (Å²) in [5, 5.41) is 9.25. The molecule has 0 aromatic heterocycles. The molecule has 2 rings (SSSR count). The van der Waals surface area contributed by atoms with Gasteiger partial charge in [0.2, 0.25) is 0 Å².